The van der Waals surface area contributed by atoms with E-state index in [4.69, 9.17) is 16.1 Å². The third kappa shape index (κ3) is 4.66. The van der Waals surface area contributed by atoms with Crippen molar-refractivity contribution in [1.29, 1.82) is 0 Å². The van der Waals surface area contributed by atoms with Crippen LogP contribution in [0.4, 0.5) is 0 Å². The first-order valence-electron chi connectivity index (χ1n) is 9.88. The predicted molar refractivity (Wildman–Crippen MR) is 111 cm³/mol. The van der Waals surface area contributed by atoms with Crippen LogP contribution in [0.3, 0.4) is 0 Å². The van der Waals surface area contributed by atoms with Gasteiger partial charge in [0.1, 0.15) is 6.04 Å². The lowest BCUT2D eigenvalue weighted by Crippen LogP contribution is -2.54. The van der Waals surface area contributed by atoms with Gasteiger partial charge < -0.3 is 9.42 Å². The molecule has 2 fully saturated rings. The third-order valence-electron chi connectivity index (χ3n) is 5.53. The minimum absolute atomic E-state index is 0.0969. The number of nitrogens with zero attached hydrogens (tertiary/aromatic N) is 5. The molecule has 4 rings (SSSR count). The number of sulfonamides is 1. The van der Waals surface area contributed by atoms with Gasteiger partial charge in [-0.25, -0.2) is 8.42 Å². The molecular weight excluding hydrogens is 430 g/mol. The van der Waals surface area contributed by atoms with Crippen LogP contribution in [0, 0.1) is 0 Å². The molecule has 162 valence electrons. The molecule has 9 nitrogen and oxygen atoms in total. The first kappa shape index (κ1) is 21.2. The fraction of sp³-hybridized carbons (Fsp3) is 0.526. The number of hydrogen-bond donors (Lipinski definition) is 0. The molecule has 0 spiro atoms. The van der Waals surface area contributed by atoms with Gasteiger partial charge in [0.25, 0.3) is 0 Å². The SMILES string of the molecule is CS(=O)(=O)N1CCCC1C(=O)N1CCN(Cc2nc(-c3ccc(Cl)cc3)no2)CC1. The highest BCUT2D eigenvalue weighted by molar-refractivity contribution is 7.88. The van der Waals surface area contributed by atoms with E-state index in [1.54, 1.807) is 17.0 Å². The molecule has 0 saturated carbocycles. The predicted octanol–water partition coefficient (Wildman–Crippen LogP) is 1.46. The van der Waals surface area contributed by atoms with Crippen molar-refractivity contribution in [3.05, 3.63) is 35.2 Å². The number of piperazine rings is 1. The van der Waals surface area contributed by atoms with Gasteiger partial charge in [0.2, 0.25) is 27.6 Å². The molecule has 2 aliphatic heterocycles. The number of benzene rings is 1. The second kappa shape index (κ2) is 8.62. The van der Waals surface area contributed by atoms with E-state index in [0.717, 1.165) is 12.0 Å². The summed E-state index contributed by atoms with van der Waals surface area (Å²) >= 11 is 5.91. The Kier molecular flexibility index (Phi) is 6.10. The van der Waals surface area contributed by atoms with Crippen LogP contribution in [-0.4, -0.2) is 83.6 Å². The van der Waals surface area contributed by atoms with Crippen molar-refractivity contribution < 1.29 is 17.7 Å². The Balaban J connectivity index is 1.32. The molecule has 0 radical (unpaired) electrons. The molecule has 0 N–H and O–H groups in total. The van der Waals surface area contributed by atoms with Crippen LogP contribution in [0.5, 0.6) is 0 Å². The monoisotopic (exact) mass is 453 g/mol. The Labute approximate surface area is 180 Å². The summed E-state index contributed by atoms with van der Waals surface area (Å²) < 4.78 is 30.6. The molecule has 1 unspecified atom stereocenters. The van der Waals surface area contributed by atoms with Crippen LogP contribution in [0.25, 0.3) is 11.4 Å². The average molecular weight is 454 g/mol. The molecule has 1 aromatic heterocycles. The Morgan fingerprint density at radius 1 is 1.17 bits per heavy atom. The molecule has 11 heteroatoms. The van der Waals surface area contributed by atoms with Crippen molar-refractivity contribution >= 4 is 27.5 Å². The van der Waals surface area contributed by atoms with Crippen LogP contribution < -0.4 is 0 Å². The summed E-state index contributed by atoms with van der Waals surface area (Å²) in [6.45, 7) is 3.34. The summed E-state index contributed by atoms with van der Waals surface area (Å²) in [5.74, 6) is 0.928. The van der Waals surface area contributed by atoms with E-state index in [1.807, 2.05) is 12.1 Å². The third-order valence-corrected chi connectivity index (χ3v) is 7.07. The highest BCUT2D eigenvalue weighted by Crippen LogP contribution is 2.23. The number of amides is 1. The highest BCUT2D eigenvalue weighted by atomic mass is 35.5. The summed E-state index contributed by atoms with van der Waals surface area (Å²) in [7, 11) is -3.37. The zero-order valence-corrected chi connectivity index (χ0v) is 18.3. The van der Waals surface area contributed by atoms with E-state index >= 15 is 0 Å². The molecule has 1 aromatic carbocycles. The topological polar surface area (TPSA) is 99.9 Å². The summed E-state index contributed by atoms with van der Waals surface area (Å²) in [5.41, 5.74) is 0.830. The molecule has 2 aromatic rings. The van der Waals surface area contributed by atoms with Crippen molar-refractivity contribution in [2.75, 3.05) is 39.0 Å². The molecular formula is C19H24ClN5O4S. The molecule has 0 aliphatic carbocycles. The molecule has 0 bridgehead atoms. The number of carbonyl (C=O) groups excluding carboxylic acids is 1. The van der Waals surface area contributed by atoms with Gasteiger partial charge in [-0.1, -0.05) is 16.8 Å². The van der Waals surface area contributed by atoms with E-state index in [2.05, 4.69) is 15.0 Å². The molecule has 1 amide bonds. The lowest BCUT2D eigenvalue weighted by Gasteiger charge is -2.36. The minimum Gasteiger partial charge on any atom is -0.339 e. The molecule has 2 saturated heterocycles. The Morgan fingerprint density at radius 3 is 2.53 bits per heavy atom. The number of carbonyl (C=O) groups is 1. The number of hydrogen-bond acceptors (Lipinski definition) is 7. The largest absolute Gasteiger partial charge is 0.339 e. The van der Waals surface area contributed by atoms with Crippen LogP contribution >= 0.6 is 11.6 Å². The van der Waals surface area contributed by atoms with Gasteiger partial charge in [-0.3, -0.25) is 9.69 Å². The lowest BCUT2D eigenvalue weighted by molar-refractivity contribution is -0.136. The van der Waals surface area contributed by atoms with Gasteiger partial charge in [0, 0.05) is 43.3 Å². The van der Waals surface area contributed by atoms with Crippen LogP contribution in [0.15, 0.2) is 28.8 Å². The normalized spacial score (nSPS) is 21.3. The van der Waals surface area contributed by atoms with E-state index in [-0.39, 0.29) is 5.91 Å². The van der Waals surface area contributed by atoms with Crippen molar-refractivity contribution in [1.82, 2.24) is 24.2 Å². The van der Waals surface area contributed by atoms with Crippen molar-refractivity contribution in [2.45, 2.75) is 25.4 Å². The van der Waals surface area contributed by atoms with Crippen molar-refractivity contribution in [3.63, 3.8) is 0 Å². The maximum absolute atomic E-state index is 12.9. The summed E-state index contributed by atoms with van der Waals surface area (Å²) in [4.78, 5) is 21.2. The zero-order valence-electron chi connectivity index (χ0n) is 16.7. The van der Waals surface area contributed by atoms with E-state index < -0.39 is 16.1 Å². The van der Waals surface area contributed by atoms with E-state index in [1.165, 1.54) is 10.6 Å². The van der Waals surface area contributed by atoms with Gasteiger partial charge in [0.15, 0.2) is 0 Å². The second-order valence-corrected chi connectivity index (χ2v) is 10.0. The van der Waals surface area contributed by atoms with E-state index in [9.17, 15) is 13.2 Å². The van der Waals surface area contributed by atoms with Crippen LogP contribution in [-0.2, 0) is 21.4 Å². The van der Waals surface area contributed by atoms with Gasteiger partial charge in [-0.05, 0) is 37.1 Å². The first-order chi connectivity index (χ1) is 14.3. The maximum atomic E-state index is 12.9. The molecule has 30 heavy (non-hydrogen) atoms. The fourth-order valence-corrected chi connectivity index (χ4v) is 5.19. The van der Waals surface area contributed by atoms with Gasteiger partial charge in [-0.2, -0.15) is 9.29 Å². The molecule has 2 aliphatic rings. The number of rotatable bonds is 5. The maximum Gasteiger partial charge on any atom is 0.241 e. The number of aromatic nitrogens is 2. The summed E-state index contributed by atoms with van der Waals surface area (Å²) in [6, 6.07) is 6.66. The van der Waals surface area contributed by atoms with E-state index in [0.29, 0.717) is 62.4 Å². The molecule has 3 heterocycles. The smallest absolute Gasteiger partial charge is 0.241 e. The Hall–Kier alpha value is -2.01. The lowest BCUT2D eigenvalue weighted by atomic mass is 10.2. The van der Waals surface area contributed by atoms with Gasteiger partial charge >= 0.3 is 0 Å². The number of halogens is 1. The summed E-state index contributed by atoms with van der Waals surface area (Å²) in [6.07, 6.45) is 2.47. The fourth-order valence-electron chi connectivity index (χ4n) is 3.95. The van der Waals surface area contributed by atoms with Crippen LogP contribution in [0.2, 0.25) is 5.02 Å². The van der Waals surface area contributed by atoms with Gasteiger partial charge in [-0.15, -0.1) is 0 Å². The van der Waals surface area contributed by atoms with Crippen LogP contribution in [0.1, 0.15) is 18.7 Å². The van der Waals surface area contributed by atoms with Gasteiger partial charge in [0.05, 0.1) is 12.8 Å². The Bertz CT molecular complexity index is 1000. The summed E-state index contributed by atoms with van der Waals surface area (Å²) in [5, 5.41) is 4.67. The first-order valence-corrected chi connectivity index (χ1v) is 12.1. The zero-order chi connectivity index (χ0) is 21.3. The van der Waals surface area contributed by atoms with Crippen molar-refractivity contribution in [2.24, 2.45) is 0 Å². The Morgan fingerprint density at radius 2 is 1.87 bits per heavy atom. The second-order valence-electron chi connectivity index (χ2n) is 7.65. The minimum atomic E-state index is -3.37. The highest BCUT2D eigenvalue weighted by Gasteiger charge is 2.39. The quantitative estimate of drug-likeness (QED) is 0.675. The standard InChI is InChI=1S/C19H24ClN5O4S/c1-30(27,28)25-8-2-3-16(25)19(26)24-11-9-23(10-12-24)13-17-21-18(22-29-17)14-4-6-15(20)7-5-14/h4-7,16H,2-3,8-13H2,1H3. The van der Waals surface area contributed by atoms with Crippen molar-refractivity contribution in [3.8, 4) is 11.4 Å². The average Bonchev–Trinajstić information content (AvgIpc) is 3.38. The molecule has 1 atom stereocenters.